The average Bonchev–Trinajstić information content (AvgIpc) is 3.47. The minimum atomic E-state index is -4.29. The minimum absolute atomic E-state index is 0.0719. The van der Waals surface area contributed by atoms with Crippen LogP contribution in [0.25, 0.3) is 22.0 Å². The third-order valence-electron chi connectivity index (χ3n) is 5.43. The summed E-state index contributed by atoms with van der Waals surface area (Å²) in [6.07, 6.45) is -2.69. The van der Waals surface area contributed by atoms with Gasteiger partial charge in [-0.3, -0.25) is 0 Å². The van der Waals surface area contributed by atoms with Crippen molar-refractivity contribution >= 4 is 29.0 Å². The maximum atomic E-state index is 13.3. The van der Waals surface area contributed by atoms with E-state index in [-0.39, 0.29) is 12.8 Å². The summed E-state index contributed by atoms with van der Waals surface area (Å²) in [5.74, 6) is 0.320. The van der Waals surface area contributed by atoms with Crippen LogP contribution < -0.4 is 15.9 Å². The maximum Gasteiger partial charge on any atom is 0.397 e. The van der Waals surface area contributed by atoms with Gasteiger partial charge in [-0.1, -0.05) is 25.0 Å². The highest BCUT2D eigenvalue weighted by Crippen LogP contribution is 2.57. The summed E-state index contributed by atoms with van der Waals surface area (Å²) in [5, 5.41) is 18.6. The third kappa shape index (κ3) is 3.62. The van der Waals surface area contributed by atoms with Crippen molar-refractivity contribution in [2.45, 2.75) is 25.8 Å². The van der Waals surface area contributed by atoms with E-state index in [0.717, 1.165) is 5.39 Å². The lowest BCUT2D eigenvalue weighted by Crippen LogP contribution is -2.31. The highest BCUT2D eigenvalue weighted by atomic mass is 19.4. The van der Waals surface area contributed by atoms with Gasteiger partial charge in [-0.05, 0) is 42.1 Å². The molecule has 0 bridgehead atoms. The normalized spacial score (nSPS) is 15.3. The number of nitrogens with zero attached hydrogens (tertiary/aromatic N) is 2. The topological polar surface area (TPSA) is 81.3 Å². The van der Waals surface area contributed by atoms with Gasteiger partial charge in [0.05, 0.1) is 17.4 Å². The summed E-state index contributed by atoms with van der Waals surface area (Å²) in [4.78, 5) is 0. The second-order valence-corrected chi connectivity index (χ2v) is 7.53. The van der Waals surface area contributed by atoms with E-state index in [1.165, 1.54) is 6.20 Å². The quantitative estimate of drug-likeness (QED) is 0.641. The molecule has 0 aliphatic heterocycles. The molecule has 0 spiro atoms. The van der Waals surface area contributed by atoms with Crippen molar-refractivity contribution in [3.8, 4) is 16.9 Å². The zero-order valence-electron chi connectivity index (χ0n) is 15.7. The Morgan fingerprint density at radius 2 is 1.97 bits per heavy atom. The van der Waals surface area contributed by atoms with Crippen LogP contribution in [0.3, 0.4) is 0 Å². The lowest BCUT2D eigenvalue weighted by Gasteiger charge is -2.21. The number of rotatable bonds is 5. The van der Waals surface area contributed by atoms with Gasteiger partial charge in [0, 0.05) is 10.9 Å². The van der Waals surface area contributed by atoms with Crippen LogP contribution in [0.1, 0.15) is 12.8 Å². The Bertz CT molecular complexity index is 1070. The molecule has 4 rings (SSSR count). The molecule has 29 heavy (non-hydrogen) atoms. The van der Waals surface area contributed by atoms with Crippen molar-refractivity contribution in [2.24, 2.45) is 5.41 Å². The first kappa shape index (κ1) is 19.5. The molecule has 1 aliphatic carbocycles. The van der Waals surface area contributed by atoms with Crippen LogP contribution in [0.15, 0.2) is 42.6 Å². The van der Waals surface area contributed by atoms with Crippen LogP contribution in [-0.4, -0.2) is 34.9 Å². The number of aromatic nitrogens is 2. The van der Waals surface area contributed by atoms with Gasteiger partial charge < -0.3 is 15.5 Å². The first-order valence-electron chi connectivity index (χ1n) is 9.23. The number of hydrogen-bond acceptors (Lipinski definition) is 5. The number of anilines is 1. The lowest BCUT2D eigenvalue weighted by molar-refractivity contribution is -0.194. The molecule has 3 aromatic rings. The molecule has 1 saturated carbocycles. The molecule has 3 N–H and O–H groups in total. The van der Waals surface area contributed by atoms with Gasteiger partial charge in [0.1, 0.15) is 17.8 Å². The summed E-state index contributed by atoms with van der Waals surface area (Å²) in [5.41, 5.74) is 7.08. The van der Waals surface area contributed by atoms with E-state index in [1.807, 2.05) is 0 Å². The highest BCUT2D eigenvalue weighted by Gasteiger charge is 2.63. The van der Waals surface area contributed by atoms with E-state index in [2.05, 4.69) is 10.2 Å². The number of fused-ring (bicyclic) bond motifs is 1. The average molecular weight is 401 g/mol. The van der Waals surface area contributed by atoms with Crippen LogP contribution in [0.4, 0.5) is 18.9 Å². The Morgan fingerprint density at radius 3 is 2.62 bits per heavy atom. The first-order valence-corrected chi connectivity index (χ1v) is 9.23. The molecule has 150 valence electrons. The SMILES string of the molecule is CB(O)c1ccc(OCC2(C(F)(F)F)CC2)c(-c2ccc3c(N)cnnc3c2)c1. The number of halogens is 3. The Labute approximate surface area is 165 Å². The van der Waals surface area contributed by atoms with Gasteiger partial charge in [-0.2, -0.15) is 23.4 Å². The second kappa shape index (κ2) is 6.91. The molecule has 1 fully saturated rings. The van der Waals surface area contributed by atoms with E-state index in [1.54, 1.807) is 43.2 Å². The molecular formula is C20H19BF3N3O2. The fraction of sp³-hybridized carbons (Fsp3) is 0.300. The lowest BCUT2D eigenvalue weighted by atomic mass is 9.64. The fourth-order valence-corrected chi connectivity index (χ4v) is 3.28. The molecule has 1 heterocycles. The number of nitrogens with two attached hydrogens (primary N) is 1. The summed E-state index contributed by atoms with van der Waals surface area (Å²) >= 11 is 0. The van der Waals surface area contributed by atoms with Crippen molar-refractivity contribution < 1.29 is 22.9 Å². The Balaban J connectivity index is 1.74. The van der Waals surface area contributed by atoms with E-state index in [0.29, 0.717) is 33.5 Å². The molecule has 5 nitrogen and oxygen atoms in total. The van der Waals surface area contributed by atoms with E-state index < -0.39 is 25.1 Å². The van der Waals surface area contributed by atoms with Crippen LogP contribution in [0.2, 0.25) is 6.82 Å². The fourth-order valence-electron chi connectivity index (χ4n) is 3.28. The van der Waals surface area contributed by atoms with E-state index in [4.69, 9.17) is 10.5 Å². The summed E-state index contributed by atoms with van der Waals surface area (Å²) < 4.78 is 45.4. The van der Waals surface area contributed by atoms with Gasteiger partial charge in [0.15, 0.2) is 0 Å². The number of ether oxygens (including phenoxy) is 1. The molecule has 0 amide bonds. The second-order valence-electron chi connectivity index (χ2n) is 7.53. The Kier molecular flexibility index (Phi) is 4.65. The monoisotopic (exact) mass is 401 g/mol. The van der Waals surface area contributed by atoms with Crippen molar-refractivity contribution in [2.75, 3.05) is 12.3 Å². The number of hydrogen-bond donors (Lipinski definition) is 2. The Morgan fingerprint density at radius 1 is 1.21 bits per heavy atom. The molecule has 1 aromatic heterocycles. The van der Waals surface area contributed by atoms with Crippen LogP contribution in [0, 0.1) is 5.41 Å². The van der Waals surface area contributed by atoms with Crippen molar-refractivity contribution in [3.63, 3.8) is 0 Å². The number of nitrogen functional groups attached to an aromatic ring is 1. The zero-order chi connectivity index (χ0) is 20.8. The zero-order valence-corrected chi connectivity index (χ0v) is 15.7. The smallest absolute Gasteiger partial charge is 0.397 e. The maximum absolute atomic E-state index is 13.3. The van der Waals surface area contributed by atoms with Crippen LogP contribution >= 0.6 is 0 Å². The first-order chi connectivity index (χ1) is 13.7. The predicted molar refractivity (Wildman–Crippen MR) is 106 cm³/mol. The highest BCUT2D eigenvalue weighted by molar-refractivity contribution is 6.64. The summed E-state index contributed by atoms with van der Waals surface area (Å²) in [6, 6.07) is 10.3. The summed E-state index contributed by atoms with van der Waals surface area (Å²) in [7, 11) is 0. The predicted octanol–water partition coefficient (Wildman–Crippen LogP) is 3.42. The van der Waals surface area contributed by atoms with Gasteiger partial charge in [-0.25, -0.2) is 0 Å². The van der Waals surface area contributed by atoms with Gasteiger partial charge in [0.2, 0.25) is 0 Å². The number of benzene rings is 2. The van der Waals surface area contributed by atoms with Crippen molar-refractivity contribution in [1.29, 1.82) is 0 Å². The summed E-state index contributed by atoms with van der Waals surface area (Å²) in [6.45, 7) is 0.455. The molecule has 0 atom stereocenters. The largest absolute Gasteiger partial charge is 0.492 e. The molecule has 0 saturated heterocycles. The third-order valence-corrected chi connectivity index (χ3v) is 5.43. The van der Waals surface area contributed by atoms with Crippen molar-refractivity contribution in [1.82, 2.24) is 10.2 Å². The van der Waals surface area contributed by atoms with Crippen LogP contribution in [-0.2, 0) is 0 Å². The molecule has 0 radical (unpaired) electrons. The number of alkyl halides is 3. The van der Waals surface area contributed by atoms with Crippen molar-refractivity contribution in [3.05, 3.63) is 42.6 Å². The van der Waals surface area contributed by atoms with E-state index >= 15 is 0 Å². The molecule has 2 aromatic carbocycles. The van der Waals surface area contributed by atoms with E-state index in [9.17, 15) is 18.2 Å². The standard InChI is InChI=1S/C20H19BF3N3O2/c1-21(28)13-3-5-18(29-11-19(6-7-19)20(22,23)24)15(9-13)12-2-4-14-16(25)10-26-27-17(14)8-12/h2-5,8-10,28H,6-7,11H2,1H3,(H2,25,27). The molecular weight excluding hydrogens is 382 g/mol. The van der Waals surface area contributed by atoms with Gasteiger partial charge in [0.25, 0.3) is 0 Å². The molecule has 0 unspecified atom stereocenters. The molecule has 1 aliphatic rings. The van der Waals surface area contributed by atoms with Crippen LogP contribution in [0.5, 0.6) is 5.75 Å². The van der Waals surface area contributed by atoms with Gasteiger partial charge in [-0.15, -0.1) is 0 Å². The minimum Gasteiger partial charge on any atom is -0.492 e. The molecule has 9 heteroatoms. The Hall–Kier alpha value is -2.81. The van der Waals surface area contributed by atoms with Gasteiger partial charge >= 0.3 is 13.1 Å².